The molecule has 1 aromatic rings. The molecule has 28 heavy (non-hydrogen) atoms. The largest absolute Gasteiger partial charge is 0.375 e. The Morgan fingerprint density at radius 1 is 1.21 bits per heavy atom. The topological polar surface area (TPSA) is 52.6 Å². The Morgan fingerprint density at radius 3 is 2.61 bits per heavy atom. The van der Waals surface area contributed by atoms with E-state index in [1.807, 2.05) is 0 Å². The highest BCUT2D eigenvalue weighted by Gasteiger charge is 2.55. The Labute approximate surface area is 165 Å². The highest BCUT2D eigenvalue weighted by Crippen LogP contribution is 2.48. The Bertz CT molecular complexity index is 714. The van der Waals surface area contributed by atoms with E-state index >= 15 is 0 Å². The molecular formula is C22H30F2N2O2. The predicted molar refractivity (Wildman–Crippen MR) is 103 cm³/mol. The van der Waals surface area contributed by atoms with Gasteiger partial charge >= 0.3 is 0 Å². The maximum absolute atomic E-state index is 14.0. The summed E-state index contributed by atoms with van der Waals surface area (Å²) in [5, 5.41) is 15.1. The Balaban J connectivity index is 1.61. The molecular weight excluding hydrogens is 362 g/mol. The average molecular weight is 392 g/mol. The number of carbonyl (C=O) groups is 1. The van der Waals surface area contributed by atoms with Crippen LogP contribution >= 0.6 is 0 Å². The van der Waals surface area contributed by atoms with Gasteiger partial charge in [0.2, 0.25) is 5.92 Å². The van der Waals surface area contributed by atoms with E-state index in [4.69, 9.17) is 0 Å². The van der Waals surface area contributed by atoms with Gasteiger partial charge in [-0.3, -0.25) is 4.79 Å². The van der Waals surface area contributed by atoms with Crippen molar-refractivity contribution in [3.05, 3.63) is 35.9 Å². The normalized spacial score (nSPS) is 34.5. The minimum atomic E-state index is -2.81. The molecule has 2 heterocycles. The summed E-state index contributed by atoms with van der Waals surface area (Å²) in [7, 11) is 0. The lowest BCUT2D eigenvalue weighted by Crippen LogP contribution is -2.50. The molecule has 0 radical (unpaired) electrons. The predicted octanol–water partition coefficient (Wildman–Crippen LogP) is 3.16. The molecule has 1 amide bonds. The van der Waals surface area contributed by atoms with E-state index in [0.29, 0.717) is 36.5 Å². The molecule has 5 atom stereocenters. The van der Waals surface area contributed by atoms with Crippen LogP contribution in [0.25, 0.3) is 0 Å². The number of nitrogens with one attached hydrogen (secondary N) is 1. The number of hydrogen-bond donors (Lipinski definition) is 2. The van der Waals surface area contributed by atoms with Crippen molar-refractivity contribution in [1.29, 1.82) is 0 Å². The maximum Gasteiger partial charge on any atom is 0.259 e. The summed E-state index contributed by atoms with van der Waals surface area (Å²) in [5.74, 6) is -3.16. The molecule has 1 unspecified atom stereocenters. The Hall–Kier alpha value is -1.53. The second-order valence-electron chi connectivity index (χ2n) is 9.04. The first kappa shape index (κ1) is 19.8. The van der Waals surface area contributed by atoms with Crippen LogP contribution in [0.1, 0.15) is 44.6 Å². The zero-order chi connectivity index (χ0) is 19.9. The summed E-state index contributed by atoms with van der Waals surface area (Å²) >= 11 is 0. The van der Waals surface area contributed by atoms with Crippen molar-refractivity contribution in [2.75, 3.05) is 19.6 Å². The number of aliphatic hydroxyl groups is 1. The lowest BCUT2D eigenvalue weighted by atomic mass is 9.79. The van der Waals surface area contributed by atoms with E-state index in [9.17, 15) is 18.7 Å². The number of halogens is 2. The van der Waals surface area contributed by atoms with Gasteiger partial charge in [-0.1, -0.05) is 30.3 Å². The fourth-order valence-electron chi connectivity index (χ4n) is 5.52. The van der Waals surface area contributed by atoms with Crippen LogP contribution in [0, 0.1) is 17.8 Å². The molecule has 3 aliphatic rings. The third-order valence-electron chi connectivity index (χ3n) is 7.06. The molecule has 3 fully saturated rings. The van der Waals surface area contributed by atoms with E-state index in [-0.39, 0.29) is 12.8 Å². The van der Waals surface area contributed by atoms with Crippen LogP contribution < -0.4 is 5.32 Å². The van der Waals surface area contributed by atoms with Gasteiger partial charge in [-0.15, -0.1) is 0 Å². The van der Waals surface area contributed by atoms with Crippen molar-refractivity contribution in [3.63, 3.8) is 0 Å². The van der Waals surface area contributed by atoms with Crippen LogP contribution in [0.4, 0.5) is 8.78 Å². The van der Waals surface area contributed by atoms with Gasteiger partial charge in [0, 0.05) is 37.9 Å². The smallest absolute Gasteiger partial charge is 0.259 e. The fraction of sp³-hybridized carbons (Fsp3) is 0.682. The lowest BCUT2D eigenvalue weighted by molar-refractivity contribution is -0.159. The second-order valence-corrected chi connectivity index (χ2v) is 9.04. The van der Waals surface area contributed by atoms with Gasteiger partial charge < -0.3 is 15.3 Å². The number of rotatable bonds is 3. The molecule has 2 N–H and O–H groups in total. The van der Waals surface area contributed by atoms with Crippen molar-refractivity contribution >= 4 is 5.91 Å². The number of carbonyl (C=O) groups excluding carboxylic acids is 1. The summed E-state index contributed by atoms with van der Waals surface area (Å²) in [6, 6.07) is 9.10. The average Bonchev–Trinajstić information content (AvgIpc) is 3.19. The van der Waals surface area contributed by atoms with E-state index in [0.717, 1.165) is 19.4 Å². The third kappa shape index (κ3) is 3.57. The molecule has 4 nitrogen and oxygen atoms in total. The summed E-state index contributed by atoms with van der Waals surface area (Å²) < 4.78 is 27.9. The monoisotopic (exact) mass is 392 g/mol. The van der Waals surface area contributed by atoms with Gasteiger partial charge in [0.05, 0.1) is 0 Å². The fourth-order valence-corrected chi connectivity index (χ4v) is 5.52. The third-order valence-corrected chi connectivity index (χ3v) is 7.06. The minimum absolute atomic E-state index is 0.159. The first-order valence-electron chi connectivity index (χ1n) is 10.5. The lowest BCUT2D eigenvalue weighted by Gasteiger charge is -2.36. The highest BCUT2D eigenvalue weighted by molar-refractivity contribution is 5.87. The number of alkyl halides is 2. The molecule has 0 bridgehead atoms. The highest BCUT2D eigenvalue weighted by atomic mass is 19.3. The SMILES string of the molecule is CC1C[C@@H]2CN(C(=O)[C@](O)(c3ccccc3)[C@@H]3CCC(F)(F)C3)C[C@@H]2CCN1. The van der Waals surface area contributed by atoms with Crippen LogP contribution in [0.3, 0.4) is 0 Å². The molecule has 6 heteroatoms. The van der Waals surface area contributed by atoms with Crippen LogP contribution in [-0.4, -0.2) is 47.5 Å². The van der Waals surface area contributed by atoms with Crippen molar-refractivity contribution in [1.82, 2.24) is 10.2 Å². The van der Waals surface area contributed by atoms with Crippen LogP contribution in [0.5, 0.6) is 0 Å². The van der Waals surface area contributed by atoms with Crippen LogP contribution in [0.15, 0.2) is 30.3 Å². The number of fused-ring (bicyclic) bond motifs is 1. The van der Waals surface area contributed by atoms with E-state index < -0.39 is 29.8 Å². The van der Waals surface area contributed by atoms with Crippen molar-refractivity contribution in [2.45, 2.75) is 56.6 Å². The Morgan fingerprint density at radius 2 is 1.93 bits per heavy atom. The second kappa shape index (κ2) is 7.38. The number of benzene rings is 1. The van der Waals surface area contributed by atoms with Gasteiger partial charge in [-0.25, -0.2) is 8.78 Å². The quantitative estimate of drug-likeness (QED) is 0.831. The minimum Gasteiger partial charge on any atom is -0.375 e. The maximum atomic E-state index is 14.0. The van der Waals surface area contributed by atoms with Crippen molar-refractivity contribution < 1.29 is 18.7 Å². The summed E-state index contributed by atoms with van der Waals surface area (Å²) in [6.45, 7) is 4.31. The van der Waals surface area contributed by atoms with Crippen molar-refractivity contribution in [2.24, 2.45) is 17.8 Å². The first-order chi connectivity index (χ1) is 13.3. The van der Waals surface area contributed by atoms with Crippen LogP contribution in [0.2, 0.25) is 0 Å². The number of nitrogens with zero attached hydrogens (tertiary/aromatic N) is 1. The first-order valence-corrected chi connectivity index (χ1v) is 10.5. The molecule has 0 aromatic heterocycles. The van der Waals surface area contributed by atoms with Gasteiger partial charge in [0.25, 0.3) is 5.91 Å². The van der Waals surface area contributed by atoms with Gasteiger partial charge in [-0.2, -0.15) is 0 Å². The summed E-state index contributed by atoms with van der Waals surface area (Å²) in [4.78, 5) is 15.3. The molecule has 1 aliphatic carbocycles. The van der Waals surface area contributed by atoms with Gasteiger partial charge in [0.1, 0.15) is 0 Å². The summed E-state index contributed by atoms with van der Waals surface area (Å²) in [5.41, 5.74) is -1.45. The van der Waals surface area contributed by atoms with Crippen molar-refractivity contribution in [3.8, 4) is 0 Å². The summed E-state index contributed by atoms with van der Waals surface area (Å²) in [6.07, 6.45) is 1.45. The molecule has 0 spiro atoms. The number of hydrogen-bond acceptors (Lipinski definition) is 3. The van der Waals surface area contributed by atoms with Gasteiger partial charge in [-0.05, 0) is 50.1 Å². The molecule has 1 aromatic carbocycles. The molecule has 4 rings (SSSR count). The van der Waals surface area contributed by atoms with E-state index in [2.05, 4.69) is 12.2 Å². The molecule has 2 saturated heterocycles. The molecule has 2 aliphatic heterocycles. The zero-order valence-electron chi connectivity index (χ0n) is 16.4. The van der Waals surface area contributed by atoms with Crippen LogP contribution in [-0.2, 0) is 10.4 Å². The number of amides is 1. The standard InChI is InChI=1S/C22H30F2N2O2/c1-15-11-17-14-26(13-16(17)8-10-25-15)20(27)22(28,18-5-3-2-4-6-18)19-7-9-21(23,24)12-19/h2-6,15-17,19,25,28H,7-14H2,1H3/t15?,16-,17+,19+,22-/m0/s1. The number of likely N-dealkylation sites (tertiary alicyclic amines) is 1. The van der Waals surface area contributed by atoms with E-state index in [1.54, 1.807) is 35.2 Å². The van der Waals surface area contributed by atoms with Gasteiger partial charge in [0.15, 0.2) is 5.60 Å². The Kier molecular flexibility index (Phi) is 5.21. The molecule has 154 valence electrons. The van der Waals surface area contributed by atoms with E-state index in [1.165, 1.54) is 0 Å². The molecule has 1 saturated carbocycles. The zero-order valence-corrected chi connectivity index (χ0v) is 16.4.